The van der Waals surface area contributed by atoms with Gasteiger partial charge >= 0.3 is 0 Å². The van der Waals surface area contributed by atoms with Gasteiger partial charge in [-0.1, -0.05) is 41.7 Å². The number of hydrogen-bond acceptors (Lipinski definition) is 6. The van der Waals surface area contributed by atoms with Gasteiger partial charge in [0.2, 0.25) is 5.13 Å². The van der Waals surface area contributed by atoms with Crippen LogP contribution < -0.4 is 0 Å². The molecule has 6 heteroatoms. The highest BCUT2D eigenvalue weighted by Gasteiger charge is 2.10. The number of phenolic OH excluding ortho intramolecular Hbond substituents is 2. The van der Waals surface area contributed by atoms with Crippen LogP contribution in [0.1, 0.15) is 0 Å². The maximum Gasteiger partial charge on any atom is 0.231 e. The van der Waals surface area contributed by atoms with Crippen LogP contribution in [0, 0.1) is 0 Å². The third-order valence-corrected chi connectivity index (χ3v) is 4.42. The van der Waals surface area contributed by atoms with E-state index in [0.29, 0.717) is 16.2 Å². The van der Waals surface area contributed by atoms with Gasteiger partial charge in [0.05, 0.1) is 21.3 Å². The van der Waals surface area contributed by atoms with Crippen molar-refractivity contribution in [2.75, 3.05) is 0 Å². The summed E-state index contributed by atoms with van der Waals surface area (Å²) in [7, 11) is 0. The summed E-state index contributed by atoms with van der Waals surface area (Å²) in [4.78, 5) is 4.39. The van der Waals surface area contributed by atoms with Crippen molar-refractivity contribution in [2.24, 2.45) is 10.2 Å². The third-order valence-electron chi connectivity index (χ3n) is 3.50. The summed E-state index contributed by atoms with van der Waals surface area (Å²) in [6.45, 7) is 0. The summed E-state index contributed by atoms with van der Waals surface area (Å²) < 4.78 is 1.04. The first-order valence-corrected chi connectivity index (χ1v) is 7.75. The quantitative estimate of drug-likeness (QED) is 0.389. The zero-order valence-electron chi connectivity index (χ0n) is 11.8. The fraction of sp³-hybridized carbons (Fsp3) is 0. The molecule has 0 radical (unpaired) electrons. The molecule has 2 N–H and O–H groups in total. The first-order valence-electron chi connectivity index (χ1n) is 6.93. The largest absolute Gasteiger partial charge is 0.504 e. The maximum atomic E-state index is 10.1. The summed E-state index contributed by atoms with van der Waals surface area (Å²) in [6.07, 6.45) is 0. The number of rotatable bonds is 2. The van der Waals surface area contributed by atoms with Crippen LogP contribution in [0.25, 0.3) is 21.0 Å². The van der Waals surface area contributed by atoms with Gasteiger partial charge in [-0.3, -0.25) is 0 Å². The van der Waals surface area contributed by atoms with E-state index in [4.69, 9.17) is 0 Å². The number of azo groups is 1. The van der Waals surface area contributed by atoms with Crippen LogP contribution in [-0.2, 0) is 0 Å². The Morgan fingerprint density at radius 1 is 0.870 bits per heavy atom. The van der Waals surface area contributed by atoms with Crippen molar-refractivity contribution in [3.05, 3.63) is 54.6 Å². The summed E-state index contributed by atoms with van der Waals surface area (Å²) in [5.41, 5.74) is 1.36. The Morgan fingerprint density at radius 3 is 2.61 bits per heavy atom. The lowest BCUT2D eigenvalue weighted by atomic mass is 10.1. The van der Waals surface area contributed by atoms with Gasteiger partial charge in [-0.05, 0) is 29.7 Å². The predicted molar refractivity (Wildman–Crippen MR) is 91.1 cm³/mol. The SMILES string of the molecule is Oc1ccc2cccc(N=Nc3nc4ccccc4s3)c2c1O. The van der Waals surface area contributed by atoms with Gasteiger partial charge < -0.3 is 10.2 Å². The fourth-order valence-electron chi connectivity index (χ4n) is 2.41. The second kappa shape index (κ2) is 5.33. The fourth-order valence-corrected chi connectivity index (χ4v) is 3.20. The molecule has 0 atom stereocenters. The molecule has 1 heterocycles. The second-order valence-electron chi connectivity index (χ2n) is 4.97. The minimum Gasteiger partial charge on any atom is -0.504 e. The van der Waals surface area contributed by atoms with E-state index >= 15 is 0 Å². The van der Waals surface area contributed by atoms with Crippen LogP contribution in [0.4, 0.5) is 10.8 Å². The molecule has 0 bridgehead atoms. The molecular formula is C17H11N3O2S. The molecule has 112 valence electrons. The summed E-state index contributed by atoms with van der Waals surface area (Å²) in [5.74, 6) is -0.374. The van der Waals surface area contributed by atoms with Gasteiger partial charge in [-0.15, -0.1) is 10.2 Å². The lowest BCUT2D eigenvalue weighted by Crippen LogP contribution is -1.76. The molecule has 1 aromatic heterocycles. The zero-order chi connectivity index (χ0) is 15.8. The Balaban J connectivity index is 1.81. The van der Waals surface area contributed by atoms with E-state index in [1.807, 2.05) is 36.4 Å². The monoisotopic (exact) mass is 321 g/mol. The minimum absolute atomic E-state index is 0.180. The number of hydrogen-bond donors (Lipinski definition) is 2. The Morgan fingerprint density at radius 2 is 1.74 bits per heavy atom. The van der Waals surface area contributed by atoms with Crippen LogP contribution in [0.15, 0.2) is 64.8 Å². The van der Waals surface area contributed by atoms with Gasteiger partial charge in [0, 0.05) is 0 Å². The van der Waals surface area contributed by atoms with Crippen LogP contribution in [-0.4, -0.2) is 15.2 Å². The molecule has 0 aliphatic rings. The van der Waals surface area contributed by atoms with E-state index < -0.39 is 0 Å². The molecule has 0 amide bonds. The topological polar surface area (TPSA) is 78.1 Å². The Bertz CT molecular complexity index is 1020. The molecule has 0 fully saturated rings. The minimum atomic E-state index is -0.193. The first kappa shape index (κ1) is 13.7. The van der Waals surface area contributed by atoms with Crippen molar-refractivity contribution in [1.82, 2.24) is 4.98 Å². The van der Waals surface area contributed by atoms with E-state index in [0.717, 1.165) is 15.6 Å². The molecule has 5 nitrogen and oxygen atoms in total. The highest BCUT2D eigenvalue weighted by Crippen LogP contribution is 2.40. The summed E-state index contributed by atoms with van der Waals surface area (Å²) in [6, 6.07) is 16.4. The number of fused-ring (bicyclic) bond motifs is 2. The average molecular weight is 321 g/mol. The lowest BCUT2D eigenvalue weighted by Gasteiger charge is -2.05. The molecule has 0 unspecified atom stereocenters. The molecule has 4 aromatic rings. The molecule has 0 aliphatic carbocycles. The molecule has 4 rings (SSSR count). The maximum absolute atomic E-state index is 10.1. The number of para-hydroxylation sites is 1. The highest BCUT2D eigenvalue weighted by atomic mass is 32.1. The summed E-state index contributed by atoms with van der Waals surface area (Å²) in [5, 5.41) is 29.9. The average Bonchev–Trinajstić information content (AvgIpc) is 2.99. The number of aromatic hydroxyl groups is 2. The Hall–Kier alpha value is -2.99. The second-order valence-corrected chi connectivity index (χ2v) is 5.98. The Labute approximate surface area is 135 Å². The van der Waals surface area contributed by atoms with Crippen molar-refractivity contribution in [1.29, 1.82) is 0 Å². The first-order chi connectivity index (χ1) is 11.2. The standard InChI is InChI=1S/C17H11N3O2S/c21-13-9-8-10-4-3-6-12(15(10)16(13)22)19-20-17-18-11-5-1-2-7-14(11)23-17/h1-9,21-22H. The van der Waals surface area contributed by atoms with Gasteiger partial charge in [-0.25, -0.2) is 4.98 Å². The number of benzene rings is 3. The van der Waals surface area contributed by atoms with Crippen molar-refractivity contribution in [2.45, 2.75) is 0 Å². The van der Waals surface area contributed by atoms with Gasteiger partial charge in [0.25, 0.3) is 0 Å². The number of thiazole rings is 1. The van der Waals surface area contributed by atoms with Crippen molar-refractivity contribution in [3.63, 3.8) is 0 Å². The van der Waals surface area contributed by atoms with Gasteiger partial charge in [0.1, 0.15) is 0 Å². The van der Waals surface area contributed by atoms with E-state index in [9.17, 15) is 10.2 Å². The smallest absolute Gasteiger partial charge is 0.231 e. The molecule has 0 saturated heterocycles. The van der Waals surface area contributed by atoms with Crippen molar-refractivity contribution in [3.8, 4) is 11.5 Å². The molecule has 0 spiro atoms. The van der Waals surface area contributed by atoms with Crippen molar-refractivity contribution < 1.29 is 10.2 Å². The van der Waals surface area contributed by atoms with E-state index in [2.05, 4.69) is 15.2 Å². The molecule has 0 saturated carbocycles. The number of nitrogens with zero attached hydrogens (tertiary/aromatic N) is 3. The predicted octanol–water partition coefficient (Wildman–Crippen LogP) is 5.28. The third kappa shape index (κ3) is 2.39. The zero-order valence-corrected chi connectivity index (χ0v) is 12.7. The number of aromatic nitrogens is 1. The van der Waals surface area contributed by atoms with Crippen LogP contribution in [0.2, 0.25) is 0 Å². The molecular weight excluding hydrogens is 310 g/mol. The Kier molecular flexibility index (Phi) is 3.17. The van der Waals surface area contributed by atoms with E-state index in [1.165, 1.54) is 17.4 Å². The van der Waals surface area contributed by atoms with Crippen LogP contribution >= 0.6 is 11.3 Å². The van der Waals surface area contributed by atoms with E-state index in [1.54, 1.807) is 12.1 Å². The molecule has 0 aliphatic heterocycles. The van der Waals surface area contributed by atoms with E-state index in [-0.39, 0.29) is 11.5 Å². The number of phenols is 2. The summed E-state index contributed by atoms with van der Waals surface area (Å²) >= 11 is 1.45. The normalized spacial score (nSPS) is 11.7. The van der Waals surface area contributed by atoms with Gasteiger partial charge in [-0.2, -0.15) is 0 Å². The highest BCUT2D eigenvalue weighted by molar-refractivity contribution is 7.21. The molecule has 3 aromatic carbocycles. The molecule has 23 heavy (non-hydrogen) atoms. The van der Waals surface area contributed by atoms with Crippen molar-refractivity contribution >= 4 is 43.1 Å². The van der Waals surface area contributed by atoms with Crippen LogP contribution in [0.3, 0.4) is 0 Å². The van der Waals surface area contributed by atoms with Crippen LogP contribution in [0.5, 0.6) is 11.5 Å². The van der Waals surface area contributed by atoms with Gasteiger partial charge in [0.15, 0.2) is 11.5 Å². The lowest BCUT2D eigenvalue weighted by molar-refractivity contribution is 0.408.